The number of aliphatic hydroxyl groups is 1. The minimum absolute atomic E-state index is 0.180. The van der Waals surface area contributed by atoms with Crippen LogP contribution in [-0.4, -0.2) is 91.7 Å². The van der Waals surface area contributed by atoms with Crippen molar-refractivity contribution < 1.29 is 23.0 Å². The van der Waals surface area contributed by atoms with Crippen molar-refractivity contribution >= 4 is 43.2 Å². The number of nitrogens with zero attached hydrogens (tertiary/aromatic N) is 5. The van der Waals surface area contributed by atoms with Crippen molar-refractivity contribution in [2.45, 2.75) is 26.0 Å². The van der Waals surface area contributed by atoms with Gasteiger partial charge in [-0.15, -0.1) is 11.3 Å². The number of aromatic nitrogens is 3. The molecule has 0 radical (unpaired) electrons. The quantitative estimate of drug-likeness (QED) is 0.432. The molecule has 3 aromatic rings. The summed E-state index contributed by atoms with van der Waals surface area (Å²) in [6.07, 6.45) is 2.72. The summed E-state index contributed by atoms with van der Waals surface area (Å²) >= 11 is 1.56. The Kier molecular flexibility index (Phi) is 7.00. The van der Waals surface area contributed by atoms with Crippen LogP contribution in [0.4, 0.5) is 11.6 Å². The Morgan fingerprint density at radius 1 is 1.27 bits per heavy atom. The second-order valence-electron chi connectivity index (χ2n) is 10.1. The second-order valence-corrected chi connectivity index (χ2v) is 12.7. The number of thiophene rings is 1. The maximum Gasteiger partial charge on any atom is 0.238 e. The lowest BCUT2D eigenvalue weighted by Gasteiger charge is -2.45. The van der Waals surface area contributed by atoms with Gasteiger partial charge in [0, 0.05) is 56.0 Å². The van der Waals surface area contributed by atoms with Gasteiger partial charge in [0.05, 0.1) is 48.1 Å². The van der Waals surface area contributed by atoms with Crippen molar-refractivity contribution in [2.24, 2.45) is 5.92 Å². The van der Waals surface area contributed by atoms with E-state index < -0.39 is 15.6 Å². The van der Waals surface area contributed by atoms with Crippen LogP contribution in [0.15, 0.2) is 17.6 Å². The number of pyridine rings is 1. The number of likely N-dealkylation sites (tertiary alicyclic amines) is 1. The van der Waals surface area contributed by atoms with E-state index >= 15 is 0 Å². The van der Waals surface area contributed by atoms with Crippen LogP contribution >= 0.6 is 11.3 Å². The molecule has 0 spiro atoms. The molecule has 3 aromatic heterocycles. The fraction of sp³-hybridized carbons (Fsp3) is 0.542. The molecule has 0 unspecified atom stereocenters. The van der Waals surface area contributed by atoms with Crippen LogP contribution < -0.4 is 14.4 Å². The largest absolute Gasteiger partial charge is 0.480 e. The minimum Gasteiger partial charge on any atom is -0.480 e. The first-order valence-electron chi connectivity index (χ1n) is 12.1. The molecule has 5 heterocycles. The van der Waals surface area contributed by atoms with Crippen molar-refractivity contribution in [3.63, 3.8) is 0 Å². The number of hydrogen-bond donors (Lipinski definition) is 2. The third-order valence-electron chi connectivity index (χ3n) is 6.73. The molecule has 0 atom stereocenters. The van der Waals surface area contributed by atoms with Crippen LogP contribution in [-0.2, 0) is 21.3 Å². The molecule has 11 nitrogen and oxygen atoms in total. The normalized spacial score (nSPS) is 17.7. The summed E-state index contributed by atoms with van der Waals surface area (Å²) < 4.78 is 38.1. The minimum atomic E-state index is -3.54. The molecule has 0 amide bonds. The first kappa shape index (κ1) is 26.0. The zero-order valence-electron chi connectivity index (χ0n) is 21.4. The fourth-order valence-corrected chi connectivity index (χ4v) is 6.13. The third kappa shape index (κ3) is 5.65. The summed E-state index contributed by atoms with van der Waals surface area (Å²) in [5, 5.41) is 12.4. The fourth-order valence-electron chi connectivity index (χ4n) is 4.57. The molecule has 37 heavy (non-hydrogen) atoms. The molecule has 2 aliphatic rings. The number of fused-ring (bicyclic) bond motifs is 1. The van der Waals surface area contributed by atoms with Crippen molar-refractivity contribution in [3.05, 3.63) is 23.2 Å². The van der Waals surface area contributed by atoms with Gasteiger partial charge in [-0.2, -0.15) is 0 Å². The SMILES string of the molecule is COc1ncc(-c2nc(N3CCOCC3)nc3c(CN4CC(C(C)(C)O)C4)csc23)cc1NS(C)(=O)=O. The van der Waals surface area contributed by atoms with Crippen molar-refractivity contribution in [3.8, 4) is 17.1 Å². The Balaban J connectivity index is 1.56. The zero-order valence-corrected chi connectivity index (χ0v) is 23.0. The standard InChI is InChI=1S/C24H32N6O5S2/c1-24(2,31)17-12-29(13-17)11-16-14-36-21-19(26-23(27-20(16)21)30-5-7-35-8-6-30)15-9-18(28-37(4,32)33)22(34-3)25-10-15/h9-10,14,17,28,31H,5-8,11-13H2,1-4H3. The molecule has 13 heteroatoms. The summed E-state index contributed by atoms with van der Waals surface area (Å²) in [6, 6.07) is 1.69. The molecule has 5 rings (SSSR count). The summed E-state index contributed by atoms with van der Waals surface area (Å²) in [5.41, 5.74) is 2.88. The number of ether oxygens (including phenoxy) is 2. The van der Waals surface area contributed by atoms with E-state index in [0.29, 0.717) is 43.5 Å². The monoisotopic (exact) mass is 548 g/mol. The van der Waals surface area contributed by atoms with Gasteiger partial charge in [-0.3, -0.25) is 9.62 Å². The van der Waals surface area contributed by atoms with Gasteiger partial charge in [-0.1, -0.05) is 0 Å². The number of hydrogen-bond acceptors (Lipinski definition) is 11. The van der Waals surface area contributed by atoms with Crippen LogP contribution in [0.1, 0.15) is 19.4 Å². The summed E-state index contributed by atoms with van der Waals surface area (Å²) in [4.78, 5) is 18.7. The Labute approximate surface area is 220 Å². The van der Waals surface area contributed by atoms with Gasteiger partial charge in [0.15, 0.2) is 0 Å². The van der Waals surface area contributed by atoms with Crippen LogP contribution in [0.25, 0.3) is 21.5 Å². The molecule has 2 N–H and O–H groups in total. The summed E-state index contributed by atoms with van der Waals surface area (Å²) in [5.74, 6) is 1.04. The van der Waals surface area contributed by atoms with Gasteiger partial charge in [0.25, 0.3) is 0 Å². The van der Waals surface area contributed by atoms with E-state index in [2.05, 4.69) is 24.9 Å². The molecular formula is C24H32N6O5S2. The lowest BCUT2D eigenvalue weighted by atomic mass is 9.84. The van der Waals surface area contributed by atoms with E-state index in [1.165, 1.54) is 7.11 Å². The number of anilines is 2. The van der Waals surface area contributed by atoms with Gasteiger partial charge >= 0.3 is 0 Å². The lowest BCUT2D eigenvalue weighted by molar-refractivity contribution is -0.0646. The van der Waals surface area contributed by atoms with Crippen molar-refractivity contribution in [1.29, 1.82) is 0 Å². The maximum absolute atomic E-state index is 12.0. The van der Waals surface area contributed by atoms with Crippen LogP contribution in [0, 0.1) is 5.92 Å². The number of morpholine rings is 1. The van der Waals surface area contributed by atoms with Gasteiger partial charge < -0.3 is 19.5 Å². The summed E-state index contributed by atoms with van der Waals surface area (Å²) in [6.45, 7) is 8.69. The average Bonchev–Trinajstić information content (AvgIpc) is 3.22. The molecule has 0 aliphatic carbocycles. The van der Waals surface area contributed by atoms with E-state index in [-0.39, 0.29) is 17.5 Å². The van der Waals surface area contributed by atoms with Gasteiger partial charge in [-0.05, 0) is 25.3 Å². The van der Waals surface area contributed by atoms with Crippen LogP contribution in [0.2, 0.25) is 0 Å². The van der Waals surface area contributed by atoms with Crippen molar-refractivity contribution in [1.82, 2.24) is 19.9 Å². The molecule has 200 valence electrons. The second kappa shape index (κ2) is 9.95. The maximum atomic E-state index is 12.0. The molecular weight excluding hydrogens is 516 g/mol. The Morgan fingerprint density at radius 2 is 2.00 bits per heavy atom. The Bertz CT molecular complexity index is 1390. The molecule has 2 fully saturated rings. The Hall–Kier alpha value is -2.58. The number of sulfonamides is 1. The predicted molar refractivity (Wildman–Crippen MR) is 144 cm³/mol. The first-order valence-corrected chi connectivity index (χ1v) is 14.9. The van der Waals surface area contributed by atoms with E-state index in [0.717, 1.165) is 41.7 Å². The van der Waals surface area contributed by atoms with Gasteiger partial charge in [-0.25, -0.2) is 23.4 Å². The number of rotatable bonds is 8. The van der Waals surface area contributed by atoms with Gasteiger partial charge in [0.1, 0.15) is 5.69 Å². The van der Waals surface area contributed by atoms with Crippen LogP contribution in [0.5, 0.6) is 5.88 Å². The smallest absolute Gasteiger partial charge is 0.238 e. The van der Waals surface area contributed by atoms with E-state index in [9.17, 15) is 13.5 Å². The lowest BCUT2D eigenvalue weighted by Crippen LogP contribution is -2.55. The first-order chi connectivity index (χ1) is 17.5. The molecule has 0 bridgehead atoms. The molecule has 0 aromatic carbocycles. The summed E-state index contributed by atoms with van der Waals surface area (Å²) in [7, 11) is -2.10. The predicted octanol–water partition coefficient (Wildman–Crippen LogP) is 2.17. The van der Waals surface area contributed by atoms with Crippen LogP contribution in [0.3, 0.4) is 0 Å². The molecule has 2 aliphatic heterocycles. The topological polar surface area (TPSA) is 130 Å². The van der Waals surface area contributed by atoms with E-state index in [1.807, 2.05) is 13.8 Å². The van der Waals surface area contributed by atoms with E-state index in [4.69, 9.17) is 19.4 Å². The highest BCUT2D eigenvalue weighted by molar-refractivity contribution is 7.92. The third-order valence-corrected chi connectivity index (χ3v) is 8.35. The van der Waals surface area contributed by atoms with Gasteiger partial charge in [0.2, 0.25) is 21.9 Å². The highest BCUT2D eigenvalue weighted by Gasteiger charge is 2.37. The number of nitrogens with one attached hydrogen (secondary N) is 1. The molecule has 0 saturated carbocycles. The van der Waals surface area contributed by atoms with E-state index in [1.54, 1.807) is 23.6 Å². The average molecular weight is 549 g/mol. The molecule has 2 saturated heterocycles. The number of methoxy groups -OCH3 is 1. The zero-order chi connectivity index (χ0) is 26.4. The Morgan fingerprint density at radius 3 is 2.65 bits per heavy atom. The highest BCUT2D eigenvalue weighted by atomic mass is 32.2. The van der Waals surface area contributed by atoms with Crippen molar-refractivity contribution in [2.75, 3.05) is 62.4 Å². The highest BCUT2D eigenvalue weighted by Crippen LogP contribution is 2.38.